The first-order chi connectivity index (χ1) is 14.0. The van der Waals surface area contributed by atoms with E-state index >= 15 is 0 Å². The van der Waals surface area contributed by atoms with Gasteiger partial charge in [-0.05, 0) is 60.9 Å². The summed E-state index contributed by atoms with van der Waals surface area (Å²) in [7, 11) is 0. The predicted octanol–water partition coefficient (Wildman–Crippen LogP) is 5.08. The summed E-state index contributed by atoms with van der Waals surface area (Å²) in [6, 6.07) is 11.9. The summed E-state index contributed by atoms with van der Waals surface area (Å²) in [4.78, 5) is 19.2. The Bertz CT molecular complexity index is 1010. The molecule has 0 atom stereocenters. The Morgan fingerprint density at radius 3 is 2.76 bits per heavy atom. The summed E-state index contributed by atoms with van der Waals surface area (Å²) in [5.74, 6) is 0.820. The highest BCUT2D eigenvalue weighted by atomic mass is 35.5. The van der Waals surface area contributed by atoms with E-state index in [-0.39, 0.29) is 5.91 Å². The van der Waals surface area contributed by atoms with Crippen LogP contribution in [0, 0.1) is 13.8 Å². The van der Waals surface area contributed by atoms with Crippen LogP contribution in [0.15, 0.2) is 47.1 Å². The van der Waals surface area contributed by atoms with Gasteiger partial charge in [-0.2, -0.15) is 0 Å². The van der Waals surface area contributed by atoms with Gasteiger partial charge in [0.2, 0.25) is 5.91 Å². The van der Waals surface area contributed by atoms with E-state index in [4.69, 9.17) is 16.0 Å². The molecule has 4 rings (SSSR count). The molecule has 1 N–H and O–H groups in total. The third-order valence-corrected chi connectivity index (χ3v) is 5.55. The molecule has 0 bridgehead atoms. The maximum atomic E-state index is 12.4. The van der Waals surface area contributed by atoms with Gasteiger partial charge in [0.1, 0.15) is 10.9 Å². The fourth-order valence-corrected chi connectivity index (χ4v) is 3.99. The summed E-state index contributed by atoms with van der Waals surface area (Å²) in [5, 5.41) is 3.62. The zero-order valence-corrected chi connectivity index (χ0v) is 17.4. The Morgan fingerprint density at radius 2 is 2.03 bits per heavy atom. The molecule has 1 aliphatic heterocycles. The molecule has 0 radical (unpaired) electrons. The average Bonchev–Trinajstić information content (AvgIpc) is 3.22. The molecule has 3 heterocycles. The van der Waals surface area contributed by atoms with Gasteiger partial charge < -0.3 is 14.6 Å². The van der Waals surface area contributed by atoms with Crippen molar-refractivity contribution in [1.82, 2.24) is 4.98 Å². The summed E-state index contributed by atoms with van der Waals surface area (Å²) < 4.78 is 5.30. The zero-order chi connectivity index (χ0) is 20.4. The molecular formula is C23H24ClN3O2. The standard InChI is InChI=1S/C23H24ClN3O2/c1-15-12-18(27-10-9-20-17(14-27)5-7-21(24)25-20)13-16(2)23(15)26-22(28)8-6-19-4-3-11-29-19/h3-5,7,11-13H,6,8-10,14H2,1-2H3,(H,26,28). The van der Waals surface area contributed by atoms with E-state index in [9.17, 15) is 4.79 Å². The Hall–Kier alpha value is -2.79. The van der Waals surface area contributed by atoms with Gasteiger partial charge in [-0.15, -0.1) is 0 Å². The number of carbonyl (C=O) groups is 1. The van der Waals surface area contributed by atoms with Crippen molar-refractivity contribution in [2.24, 2.45) is 0 Å². The van der Waals surface area contributed by atoms with Crippen molar-refractivity contribution in [2.45, 2.75) is 39.7 Å². The van der Waals surface area contributed by atoms with Crippen LogP contribution in [-0.4, -0.2) is 17.4 Å². The molecule has 5 nitrogen and oxygen atoms in total. The number of anilines is 2. The second-order valence-electron chi connectivity index (χ2n) is 7.49. The van der Waals surface area contributed by atoms with Crippen molar-refractivity contribution in [3.05, 3.63) is 76.0 Å². The van der Waals surface area contributed by atoms with E-state index in [0.29, 0.717) is 18.0 Å². The van der Waals surface area contributed by atoms with Gasteiger partial charge in [-0.3, -0.25) is 4.79 Å². The zero-order valence-electron chi connectivity index (χ0n) is 16.7. The molecule has 0 fully saturated rings. The molecule has 0 saturated carbocycles. The molecule has 3 aromatic rings. The number of carbonyl (C=O) groups excluding carboxylic acids is 1. The highest BCUT2D eigenvalue weighted by Crippen LogP contribution is 2.30. The molecule has 0 aliphatic carbocycles. The van der Waals surface area contributed by atoms with Crippen LogP contribution in [0.4, 0.5) is 11.4 Å². The number of furan rings is 1. The number of nitrogens with zero attached hydrogens (tertiary/aromatic N) is 2. The minimum atomic E-state index is -0.00444. The third-order valence-electron chi connectivity index (χ3n) is 5.34. The van der Waals surface area contributed by atoms with Crippen molar-refractivity contribution < 1.29 is 9.21 Å². The number of hydrogen-bond donors (Lipinski definition) is 1. The van der Waals surface area contributed by atoms with Gasteiger partial charge >= 0.3 is 0 Å². The van der Waals surface area contributed by atoms with Crippen LogP contribution in [0.2, 0.25) is 5.15 Å². The number of rotatable bonds is 5. The summed E-state index contributed by atoms with van der Waals surface area (Å²) in [6.07, 6.45) is 3.50. The Morgan fingerprint density at radius 1 is 1.24 bits per heavy atom. The second-order valence-corrected chi connectivity index (χ2v) is 7.88. The van der Waals surface area contributed by atoms with Crippen LogP contribution in [-0.2, 0) is 24.2 Å². The lowest BCUT2D eigenvalue weighted by Gasteiger charge is -2.31. The number of hydrogen-bond acceptors (Lipinski definition) is 4. The first-order valence-electron chi connectivity index (χ1n) is 9.82. The van der Waals surface area contributed by atoms with Crippen molar-refractivity contribution in [1.29, 1.82) is 0 Å². The van der Waals surface area contributed by atoms with E-state index < -0.39 is 0 Å². The lowest BCUT2D eigenvalue weighted by Crippen LogP contribution is -2.31. The van der Waals surface area contributed by atoms with Crippen LogP contribution in [0.5, 0.6) is 0 Å². The number of nitrogens with one attached hydrogen (secondary N) is 1. The smallest absolute Gasteiger partial charge is 0.224 e. The molecule has 1 aromatic carbocycles. The Kier molecular flexibility index (Phi) is 5.58. The average molecular weight is 410 g/mol. The van der Waals surface area contributed by atoms with E-state index in [1.54, 1.807) is 6.26 Å². The maximum absolute atomic E-state index is 12.4. The van der Waals surface area contributed by atoms with E-state index in [1.807, 2.05) is 32.0 Å². The summed E-state index contributed by atoms with van der Waals surface area (Å²) >= 11 is 6.02. The van der Waals surface area contributed by atoms with E-state index in [2.05, 4.69) is 33.4 Å². The molecule has 1 amide bonds. The number of aromatic nitrogens is 1. The number of aryl methyl sites for hydroxylation is 3. The second kappa shape index (κ2) is 8.29. The molecule has 0 unspecified atom stereocenters. The summed E-state index contributed by atoms with van der Waals surface area (Å²) in [6.45, 7) is 5.79. The molecule has 150 valence electrons. The van der Waals surface area contributed by atoms with Crippen LogP contribution in [0.1, 0.15) is 34.6 Å². The highest BCUT2D eigenvalue weighted by molar-refractivity contribution is 6.29. The van der Waals surface area contributed by atoms with Gasteiger partial charge in [0, 0.05) is 49.4 Å². The van der Waals surface area contributed by atoms with Crippen LogP contribution >= 0.6 is 11.6 Å². The minimum Gasteiger partial charge on any atom is -0.469 e. The Balaban J connectivity index is 1.45. The molecule has 1 aliphatic rings. The van der Waals surface area contributed by atoms with E-state index in [0.717, 1.165) is 53.5 Å². The van der Waals surface area contributed by atoms with Gasteiger partial charge in [-0.25, -0.2) is 4.98 Å². The normalized spacial score (nSPS) is 13.3. The number of fused-ring (bicyclic) bond motifs is 1. The van der Waals surface area contributed by atoms with Gasteiger partial charge in [0.05, 0.1) is 6.26 Å². The first-order valence-corrected chi connectivity index (χ1v) is 10.2. The molecule has 0 spiro atoms. The number of amides is 1. The Labute approximate surface area is 175 Å². The van der Waals surface area contributed by atoms with Gasteiger partial charge in [0.15, 0.2) is 0 Å². The van der Waals surface area contributed by atoms with Crippen molar-refractivity contribution in [2.75, 3.05) is 16.8 Å². The molecule has 0 saturated heterocycles. The fourth-order valence-electron chi connectivity index (χ4n) is 3.82. The topological polar surface area (TPSA) is 58.4 Å². The fraction of sp³-hybridized carbons (Fsp3) is 0.304. The number of pyridine rings is 1. The molecule has 29 heavy (non-hydrogen) atoms. The number of benzene rings is 1. The highest BCUT2D eigenvalue weighted by Gasteiger charge is 2.19. The molecular weight excluding hydrogens is 386 g/mol. The quantitative estimate of drug-likeness (QED) is 0.597. The molecule has 6 heteroatoms. The number of halogens is 1. The largest absolute Gasteiger partial charge is 0.469 e. The van der Waals surface area contributed by atoms with Crippen LogP contribution < -0.4 is 10.2 Å². The monoisotopic (exact) mass is 409 g/mol. The summed E-state index contributed by atoms with van der Waals surface area (Å²) in [5.41, 5.74) is 6.48. The van der Waals surface area contributed by atoms with E-state index in [1.165, 1.54) is 5.56 Å². The van der Waals surface area contributed by atoms with Crippen molar-refractivity contribution in [3.8, 4) is 0 Å². The first kappa shape index (κ1) is 19.5. The molecule has 2 aromatic heterocycles. The van der Waals surface area contributed by atoms with Crippen LogP contribution in [0.25, 0.3) is 0 Å². The lowest BCUT2D eigenvalue weighted by molar-refractivity contribution is -0.116. The predicted molar refractivity (Wildman–Crippen MR) is 116 cm³/mol. The third kappa shape index (κ3) is 4.46. The van der Waals surface area contributed by atoms with Gasteiger partial charge in [-0.1, -0.05) is 17.7 Å². The lowest BCUT2D eigenvalue weighted by atomic mass is 10.0. The maximum Gasteiger partial charge on any atom is 0.224 e. The van der Waals surface area contributed by atoms with Gasteiger partial charge in [0.25, 0.3) is 0 Å². The van der Waals surface area contributed by atoms with Crippen LogP contribution in [0.3, 0.4) is 0 Å². The SMILES string of the molecule is Cc1cc(N2CCc3nc(Cl)ccc3C2)cc(C)c1NC(=O)CCc1ccco1. The van der Waals surface area contributed by atoms with Crippen molar-refractivity contribution in [3.63, 3.8) is 0 Å². The van der Waals surface area contributed by atoms with Crippen molar-refractivity contribution >= 4 is 28.9 Å². The minimum absolute atomic E-state index is 0.00444.